The average molecular weight is 481 g/mol. The van der Waals surface area contributed by atoms with Crippen LogP contribution in [0.15, 0.2) is 69.1 Å². The van der Waals surface area contributed by atoms with Gasteiger partial charge in [0.25, 0.3) is 0 Å². The summed E-state index contributed by atoms with van der Waals surface area (Å²) in [5.74, 6) is 0.00276. The quantitative estimate of drug-likeness (QED) is 0.396. The van der Waals surface area contributed by atoms with Gasteiger partial charge in [-0.1, -0.05) is 0 Å². The van der Waals surface area contributed by atoms with Crippen LogP contribution in [0, 0.1) is 7.91 Å². The van der Waals surface area contributed by atoms with Crippen molar-refractivity contribution in [2.45, 2.75) is 9.79 Å². The molecule has 0 unspecified atom stereocenters. The third kappa shape index (κ3) is 3.55. The van der Waals surface area contributed by atoms with Crippen molar-refractivity contribution in [3.05, 3.63) is 67.2 Å². The number of aromatic hydroxyl groups is 2. The zero-order valence-corrected chi connectivity index (χ0v) is 18.5. The Bertz CT molecular complexity index is 1300. The van der Waals surface area contributed by atoms with E-state index in [2.05, 4.69) is 0 Å². The van der Waals surface area contributed by atoms with Crippen LogP contribution in [0.4, 0.5) is 0 Å². The minimum absolute atomic E-state index is 0.00138. The molecule has 11 heteroatoms. The van der Waals surface area contributed by atoms with E-state index in [0.717, 1.165) is 0 Å². The van der Waals surface area contributed by atoms with Crippen LogP contribution in [0.2, 0.25) is 0 Å². The van der Waals surface area contributed by atoms with Crippen molar-refractivity contribution >= 4 is 56.9 Å². The van der Waals surface area contributed by atoms with Crippen LogP contribution < -0.4 is 0 Å². The molecular weight excluding hydrogens is 469 g/mol. The zero-order chi connectivity index (χ0) is 20.8. The summed E-state index contributed by atoms with van der Waals surface area (Å²) in [4.78, 5) is 0.232. The van der Waals surface area contributed by atoms with E-state index in [9.17, 15) is 18.6 Å². The van der Waals surface area contributed by atoms with Crippen LogP contribution in [0.1, 0.15) is 0 Å². The first-order chi connectivity index (χ1) is 13.8. The fourth-order valence-corrected chi connectivity index (χ4v) is 5.94. The van der Waals surface area contributed by atoms with Gasteiger partial charge >= 0.3 is 0 Å². The van der Waals surface area contributed by atoms with Gasteiger partial charge in [-0.15, -0.1) is 22.7 Å². The molecule has 0 aliphatic heterocycles. The van der Waals surface area contributed by atoms with Crippen LogP contribution in [0.25, 0.3) is 11.4 Å². The standard InChI is InChI=1S/C18H12N2O4S5/c21-15-9-27-17(25)19(15)11-1-5-13(6-2-11)29(23,24)14-7-3-12(4-8-14)20-16(22)10-28-18(20)26/h1-10,21-22H. The molecule has 2 heterocycles. The summed E-state index contributed by atoms with van der Waals surface area (Å²) >= 11 is 12.8. The predicted molar refractivity (Wildman–Crippen MR) is 118 cm³/mol. The number of aromatic nitrogens is 2. The molecule has 6 nitrogen and oxygen atoms in total. The molecule has 148 valence electrons. The van der Waals surface area contributed by atoms with E-state index >= 15 is 0 Å². The first kappa shape index (κ1) is 20.0. The maximum atomic E-state index is 12.9. The molecule has 0 aliphatic rings. The van der Waals surface area contributed by atoms with E-state index < -0.39 is 9.84 Å². The van der Waals surface area contributed by atoms with Gasteiger partial charge in [0, 0.05) is 0 Å². The van der Waals surface area contributed by atoms with E-state index in [4.69, 9.17) is 24.4 Å². The molecule has 0 radical (unpaired) electrons. The van der Waals surface area contributed by atoms with Gasteiger partial charge in [0.15, 0.2) is 7.91 Å². The number of hydrogen-bond donors (Lipinski definition) is 2. The lowest BCUT2D eigenvalue weighted by Gasteiger charge is -2.09. The van der Waals surface area contributed by atoms with Crippen LogP contribution in [-0.2, 0) is 9.84 Å². The highest BCUT2D eigenvalue weighted by atomic mass is 32.2. The van der Waals surface area contributed by atoms with Gasteiger partial charge in [-0.3, -0.25) is 9.13 Å². The summed E-state index contributed by atoms with van der Waals surface area (Å²) in [5, 5.41) is 22.8. The van der Waals surface area contributed by atoms with Gasteiger partial charge in [-0.05, 0) is 73.0 Å². The number of thiazole rings is 2. The Hall–Kier alpha value is -2.31. The van der Waals surface area contributed by atoms with Gasteiger partial charge in [-0.25, -0.2) is 8.42 Å². The van der Waals surface area contributed by atoms with E-state index in [-0.39, 0.29) is 21.6 Å². The van der Waals surface area contributed by atoms with Crippen LogP contribution in [-0.4, -0.2) is 27.8 Å². The average Bonchev–Trinajstić information content (AvgIpc) is 3.22. The van der Waals surface area contributed by atoms with Crippen molar-refractivity contribution in [3.63, 3.8) is 0 Å². The summed E-state index contributed by atoms with van der Waals surface area (Å²) in [6, 6.07) is 12.2. The lowest BCUT2D eigenvalue weighted by Crippen LogP contribution is -2.03. The van der Waals surface area contributed by atoms with Crippen molar-refractivity contribution < 1.29 is 18.6 Å². The van der Waals surface area contributed by atoms with Gasteiger partial charge in [0.1, 0.15) is 0 Å². The molecule has 0 saturated carbocycles. The molecular formula is C18H12N2O4S5. The van der Waals surface area contributed by atoms with Gasteiger partial charge < -0.3 is 10.2 Å². The van der Waals surface area contributed by atoms with E-state index in [1.165, 1.54) is 66.8 Å². The van der Waals surface area contributed by atoms with Crippen molar-refractivity contribution in [1.29, 1.82) is 0 Å². The second kappa shape index (κ2) is 7.50. The van der Waals surface area contributed by atoms with Crippen molar-refractivity contribution in [3.8, 4) is 23.1 Å². The van der Waals surface area contributed by atoms with Crippen molar-refractivity contribution in [1.82, 2.24) is 9.13 Å². The molecule has 4 aromatic rings. The maximum absolute atomic E-state index is 12.9. The number of sulfone groups is 1. The van der Waals surface area contributed by atoms with Crippen LogP contribution in [0.3, 0.4) is 0 Å². The highest BCUT2D eigenvalue weighted by Crippen LogP contribution is 2.28. The summed E-state index contributed by atoms with van der Waals surface area (Å²) in [6.45, 7) is 0. The zero-order valence-electron chi connectivity index (χ0n) is 14.4. The Morgan fingerprint density at radius 3 is 1.31 bits per heavy atom. The third-order valence-electron chi connectivity index (χ3n) is 4.16. The molecule has 0 bridgehead atoms. The van der Waals surface area contributed by atoms with Crippen LogP contribution >= 0.6 is 47.1 Å². The molecule has 2 aromatic heterocycles. The molecule has 0 atom stereocenters. The molecule has 2 aromatic carbocycles. The molecule has 0 fully saturated rings. The number of benzene rings is 2. The second-order valence-corrected chi connectivity index (χ2v) is 10.8. The molecule has 0 amide bonds. The summed E-state index contributed by atoms with van der Waals surface area (Å²) in [7, 11) is -3.74. The van der Waals surface area contributed by atoms with Crippen molar-refractivity contribution in [2.24, 2.45) is 0 Å². The predicted octanol–water partition coefficient (Wildman–Crippen LogP) is 5.09. The van der Waals surface area contributed by atoms with E-state index in [1.807, 2.05) is 0 Å². The highest BCUT2D eigenvalue weighted by molar-refractivity contribution is 7.91. The Balaban J connectivity index is 1.68. The molecule has 4 rings (SSSR count). The maximum Gasteiger partial charge on any atom is 0.207 e. The summed E-state index contributed by atoms with van der Waals surface area (Å²) in [5.41, 5.74) is 1.15. The summed E-state index contributed by atoms with van der Waals surface area (Å²) in [6.07, 6.45) is 0. The smallest absolute Gasteiger partial charge is 0.207 e. The Labute approximate surface area is 184 Å². The summed E-state index contributed by atoms with van der Waals surface area (Å²) < 4.78 is 29.7. The van der Waals surface area contributed by atoms with Gasteiger partial charge in [-0.2, -0.15) is 0 Å². The highest BCUT2D eigenvalue weighted by Gasteiger charge is 2.18. The second-order valence-electron chi connectivity index (χ2n) is 5.88. The monoisotopic (exact) mass is 480 g/mol. The largest absolute Gasteiger partial charge is 0.494 e. The third-order valence-corrected chi connectivity index (χ3v) is 8.32. The van der Waals surface area contributed by atoms with E-state index in [0.29, 0.717) is 19.3 Å². The first-order valence-corrected chi connectivity index (χ1v) is 12.1. The number of hydrogen-bond acceptors (Lipinski definition) is 8. The van der Waals surface area contributed by atoms with Crippen LogP contribution in [0.5, 0.6) is 11.8 Å². The minimum atomic E-state index is -3.74. The molecule has 29 heavy (non-hydrogen) atoms. The first-order valence-electron chi connectivity index (χ1n) is 8.04. The lowest BCUT2D eigenvalue weighted by molar-refractivity contribution is 0.441. The number of nitrogens with zero attached hydrogens (tertiary/aromatic N) is 2. The topological polar surface area (TPSA) is 84.5 Å². The lowest BCUT2D eigenvalue weighted by atomic mass is 10.3. The molecule has 0 saturated heterocycles. The molecule has 2 N–H and O–H groups in total. The Morgan fingerprint density at radius 2 is 1.03 bits per heavy atom. The van der Waals surface area contributed by atoms with Gasteiger partial charge in [0.2, 0.25) is 21.6 Å². The normalized spacial score (nSPS) is 11.6. The fourth-order valence-electron chi connectivity index (χ4n) is 2.76. The SMILES string of the molecule is O=S(=O)(c1ccc(-n2c(O)csc2=S)cc1)c1ccc(-n2c(O)csc2=S)cc1. The number of rotatable bonds is 4. The van der Waals surface area contributed by atoms with Gasteiger partial charge in [0.05, 0.1) is 31.9 Å². The minimum Gasteiger partial charge on any atom is -0.494 e. The fraction of sp³-hybridized carbons (Fsp3) is 0. The Kier molecular flexibility index (Phi) is 5.17. The Morgan fingerprint density at radius 1 is 0.690 bits per heavy atom. The molecule has 0 spiro atoms. The van der Waals surface area contributed by atoms with Crippen molar-refractivity contribution in [2.75, 3.05) is 0 Å². The molecule has 0 aliphatic carbocycles. The van der Waals surface area contributed by atoms with E-state index in [1.54, 1.807) is 24.3 Å².